The Balaban J connectivity index is 1.65. The summed E-state index contributed by atoms with van der Waals surface area (Å²) < 4.78 is 42.1. The van der Waals surface area contributed by atoms with E-state index in [0.717, 1.165) is 17.2 Å². The maximum Gasteiger partial charge on any atom is 0.573 e. The third kappa shape index (κ3) is 3.89. The molecule has 5 nitrogen and oxygen atoms in total. The number of hydrogen-bond acceptors (Lipinski definition) is 3. The van der Waals surface area contributed by atoms with Crippen LogP contribution in [0.2, 0.25) is 5.02 Å². The third-order valence-electron chi connectivity index (χ3n) is 5.14. The summed E-state index contributed by atoms with van der Waals surface area (Å²) in [6.07, 6.45) is -4.24. The summed E-state index contributed by atoms with van der Waals surface area (Å²) in [6, 6.07) is 10.2. The lowest BCUT2D eigenvalue weighted by Crippen LogP contribution is -2.55. The van der Waals surface area contributed by atoms with Crippen LogP contribution in [0.1, 0.15) is 27.5 Å². The van der Waals surface area contributed by atoms with E-state index in [1.165, 1.54) is 23.1 Å². The molecule has 9 heteroatoms. The van der Waals surface area contributed by atoms with Crippen molar-refractivity contribution < 1.29 is 27.5 Å². The largest absolute Gasteiger partial charge is 0.573 e. The number of ether oxygens (including phenoxy) is 1. The molecule has 0 aliphatic carbocycles. The van der Waals surface area contributed by atoms with E-state index >= 15 is 0 Å². The first kappa shape index (κ1) is 19.6. The fourth-order valence-corrected chi connectivity index (χ4v) is 4.05. The summed E-state index contributed by atoms with van der Waals surface area (Å²) in [4.78, 5) is 28.6. The van der Waals surface area contributed by atoms with Crippen molar-refractivity contribution >= 4 is 23.4 Å². The van der Waals surface area contributed by atoms with Crippen molar-refractivity contribution in [3.8, 4) is 5.75 Å². The topological polar surface area (TPSA) is 49.9 Å². The van der Waals surface area contributed by atoms with Crippen LogP contribution in [-0.4, -0.2) is 47.6 Å². The van der Waals surface area contributed by atoms with Gasteiger partial charge in [-0.25, -0.2) is 0 Å². The summed E-state index contributed by atoms with van der Waals surface area (Å²) in [7, 11) is 0. The zero-order valence-corrected chi connectivity index (χ0v) is 15.8. The van der Waals surface area contributed by atoms with E-state index in [1.54, 1.807) is 17.0 Å². The van der Waals surface area contributed by atoms with Gasteiger partial charge in [0.1, 0.15) is 12.3 Å². The van der Waals surface area contributed by atoms with E-state index in [1.807, 2.05) is 6.07 Å². The molecule has 2 heterocycles. The normalized spacial score (nSPS) is 18.9. The Morgan fingerprint density at radius 1 is 1.17 bits per heavy atom. The highest BCUT2D eigenvalue weighted by Crippen LogP contribution is 2.36. The number of rotatable bonds is 2. The van der Waals surface area contributed by atoms with Gasteiger partial charge < -0.3 is 14.5 Å². The van der Waals surface area contributed by atoms with Crippen LogP contribution in [0.3, 0.4) is 0 Å². The van der Waals surface area contributed by atoms with Crippen molar-refractivity contribution in [2.75, 3.05) is 19.6 Å². The number of halogens is 4. The molecule has 0 bridgehead atoms. The Kier molecular flexibility index (Phi) is 4.90. The Labute approximate surface area is 169 Å². The summed E-state index contributed by atoms with van der Waals surface area (Å²) >= 11 is 6.11. The lowest BCUT2D eigenvalue weighted by atomic mass is 9.90. The van der Waals surface area contributed by atoms with Gasteiger partial charge in [0.2, 0.25) is 5.91 Å². The minimum Gasteiger partial charge on any atom is -0.405 e. The standard InChI is InChI=1S/C20H16ClF3N2O3/c21-13-6-5-12-7-8-26-16(15(12)9-13)10-25(11-18(26)27)19(28)14-3-1-2-4-17(14)29-20(22,23)24/h1-6,9,16H,7-8,10-11H2. The number of carbonyl (C=O) groups excluding carboxylic acids is 2. The molecular formula is C20H16ClF3N2O3. The second-order valence-electron chi connectivity index (χ2n) is 6.93. The molecule has 0 radical (unpaired) electrons. The summed E-state index contributed by atoms with van der Waals surface area (Å²) in [5.74, 6) is -1.53. The average Bonchev–Trinajstić information content (AvgIpc) is 2.66. The molecule has 152 valence electrons. The highest BCUT2D eigenvalue weighted by Gasteiger charge is 2.40. The molecule has 0 aromatic heterocycles. The Morgan fingerprint density at radius 2 is 1.93 bits per heavy atom. The van der Waals surface area contributed by atoms with Gasteiger partial charge in [-0.1, -0.05) is 29.8 Å². The van der Waals surface area contributed by atoms with Crippen LogP contribution in [-0.2, 0) is 11.2 Å². The molecule has 0 N–H and O–H groups in total. The Bertz CT molecular complexity index is 980. The quantitative estimate of drug-likeness (QED) is 0.736. The molecule has 0 spiro atoms. The van der Waals surface area contributed by atoms with Gasteiger partial charge in [0.05, 0.1) is 11.6 Å². The summed E-state index contributed by atoms with van der Waals surface area (Å²) in [6.45, 7) is 0.484. The van der Waals surface area contributed by atoms with Gasteiger partial charge in [-0.3, -0.25) is 9.59 Å². The predicted octanol–water partition coefficient (Wildman–Crippen LogP) is 3.82. The number of carbonyl (C=O) groups is 2. The van der Waals surface area contributed by atoms with E-state index in [-0.39, 0.29) is 24.6 Å². The minimum atomic E-state index is -4.93. The molecule has 4 rings (SSSR count). The number of alkyl halides is 3. The predicted molar refractivity (Wildman–Crippen MR) is 98.6 cm³/mol. The molecule has 0 saturated carbocycles. The van der Waals surface area contributed by atoms with Gasteiger partial charge in [0, 0.05) is 18.1 Å². The zero-order chi connectivity index (χ0) is 20.8. The van der Waals surface area contributed by atoms with Crippen LogP contribution in [0.5, 0.6) is 5.75 Å². The smallest absolute Gasteiger partial charge is 0.405 e. The number of benzene rings is 2. The zero-order valence-electron chi connectivity index (χ0n) is 15.1. The molecule has 29 heavy (non-hydrogen) atoms. The molecule has 2 amide bonds. The van der Waals surface area contributed by atoms with Gasteiger partial charge in [-0.2, -0.15) is 0 Å². The van der Waals surface area contributed by atoms with Crippen LogP contribution in [0.4, 0.5) is 13.2 Å². The first-order valence-electron chi connectivity index (χ1n) is 8.95. The van der Waals surface area contributed by atoms with Crippen LogP contribution in [0, 0.1) is 0 Å². The number of amides is 2. The van der Waals surface area contributed by atoms with E-state index < -0.39 is 24.1 Å². The van der Waals surface area contributed by atoms with Crippen molar-refractivity contribution in [2.45, 2.75) is 18.8 Å². The van der Waals surface area contributed by atoms with Gasteiger partial charge in [0.25, 0.3) is 5.91 Å². The summed E-state index contributed by atoms with van der Waals surface area (Å²) in [5, 5.41) is 0.519. The van der Waals surface area contributed by atoms with Gasteiger partial charge in [-0.05, 0) is 41.8 Å². The van der Waals surface area contributed by atoms with Crippen molar-refractivity contribution in [3.05, 3.63) is 64.2 Å². The van der Waals surface area contributed by atoms with E-state index in [9.17, 15) is 22.8 Å². The van der Waals surface area contributed by atoms with Gasteiger partial charge >= 0.3 is 6.36 Å². The Hall–Kier alpha value is -2.74. The van der Waals surface area contributed by atoms with E-state index in [4.69, 9.17) is 11.6 Å². The number of nitrogens with zero attached hydrogens (tertiary/aromatic N) is 2. The lowest BCUT2D eigenvalue weighted by Gasteiger charge is -2.44. The van der Waals surface area contributed by atoms with Crippen molar-refractivity contribution in [2.24, 2.45) is 0 Å². The highest BCUT2D eigenvalue weighted by atomic mass is 35.5. The van der Waals surface area contributed by atoms with Gasteiger partial charge in [0.15, 0.2) is 0 Å². The molecule has 1 unspecified atom stereocenters. The lowest BCUT2D eigenvalue weighted by molar-refractivity contribution is -0.274. The Morgan fingerprint density at radius 3 is 2.69 bits per heavy atom. The monoisotopic (exact) mass is 424 g/mol. The molecule has 1 atom stereocenters. The fourth-order valence-electron chi connectivity index (χ4n) is 3.87. The second kappa shape index (κ2) is 7.26. The van der Waals surface area contributed by atoms with Crippen molar-refractivity contribution in [3.63, 3.8) is 0 Å². The van der Waals surface area contributed by atoms with Crippen molar-refractivity contribution in [1.29, 1.82) is 0 Å². The molecule has 2 aliphatic rings. The molecule has 2 aromatic carbocycles. The molecular weight excluding hydrogens is 409 g/mol. The van der Waals surface area contributed by atoms with Crippen LogP contribution < -0.4 is 4.74 Å². The fraction of sp³-hybridized carbons (Fsp3) is 0.300. The molecule has 1 fully saturated rings. The molecule has 1 saturated heterocycles. The van der Waals surface area contributed by atoms with E-state index in [2.05, 4.69) is 4.74 Å². The van der Waals surface area contributed by atoms with Crippen molar-refractivity contribution in [1.82, 2.24) is 9.80 Å². The number of para-hydroxylation sites is 1. The number of fused-ring (bicyclic) bond motifs is 3. The molecule has 2 aliphatic heterocycles. The van der Waals surface area contributed by atoms with E-state index in [0.29, 0.717) is 18.0 Å². The SMILES string of the molecule is O=C(c1ccccc1OC(F)(F)F)N1CC(=O)N2CCc3ccc(Cl)cc3C2C1. The highest BCUT2D eigenvalue weighted by molar-refractivity contribution is 6.30. The summed E-state index contributed by atoms with van der Waals surface area (Å²) in [5.41, 5.74) is 1.65. The average molecular weight is 425 g/mol. The second-order valence-corrected chi connectivity index (χ2v) is 7.36. The number of hydrogen-bond donors (Lipinski definition) is 0. The first-order chi connectivity index (χ1) is 13.7. The first-order valence-corrected chi connectivity index (χ1v) is 9.32. The van der Waals surface area contributed by atoms with Crippen LogP contribution in [0.25, 0.3) is 0 Å². The number of piperazine rings is 1. The molecule has 2 aromatic rings. The van der Waals surface area contributed by atoms with Gasteiger partial charge in [-0.15, -0.1) is 13.2 Å². The van der Waals surface area contributed by atoms with Crippen LogP contribution >= 0.6 is 11.6 Å². The third-order valence-corrected chi connectivity index (χ3v) is 5.37. The maximum absolute atomic E-state index is 13.0. The minimum absolute atomic E-state index is 0.165. The maximum atomic E-state index is 13.0. The van der Waals surface area contributed by atoms with Crippen LogP contribution in [0.15, 0.2) is 42.5 Å².